The van der Waals surface area contributed by atoms with Crippen molar-refractivity contribution in [1.82, 2.24) is 4.90 Å². The van der Waals surface area contributed by atoms with Crippen molar-refractivity contribution in [2.75, 3.05) is 54.3 Å². The van der Waals surface area contributed by atoms with Gasteiger partial charge in [0, 0.05) is 58.5 Å². The summed E-state index contributed by atoms with van der Waals surface area (Å²) in [5.74, 6) is -13.0. The van der Waals surface area contributed by atoms with Crippen molar-refractivity contribution in [3.05, 3.63) is 47.6 Å². The van der Waals surface area contributed by atoms with E-state index in [4.69, 9.17) is 52.1 Å². The molecule has 6 aliphatic rings. The number of aliphatic hydroxyl groups is 9. The Kier molecular flexibility index (Phi) is 29.1. The number of nitrogens with zero attached hydrogens (tertiary/aromatic N) is 1. The first-order valence-electron chi connectivity index (χ1n) is 32.2. The van der Waals surface area contributed by atoms with Crippen LogP contribution in [0.25, 0.3) is 0 Å². The smallest absolute Gasteiger partial charge is 0.460 e. The van der Waals surface area contributed by atoms with Crippen LogP contribution in [0.4, 0.5) is 4.79 Å². The maximum atomic E-state index is 14.8. The van der Waals surface area contributed by atoms with Crippen LogP contribution in [-0.4, -0.2) is 250 Å². The van der Waals surface area contributed by atoms with Gasteiger partial charge >= 0.3 is 12.1 Å². The van der Waals surface area contributed by atoms with Crippen molar-refractivity contribution >= 4 is 35.4 Å². The van der Waals surface area contributed by atoms with E-state index in [-0.39, 0.29) is 68.6 Å². The maximum absolute atomic E-state index is 14.8. The predicted molar refractivity (Wildman–Crippen MR) is 323 cm³/mol. The number of carbonyl (C=O) groups excluding carboxylic acids is 6. The van der Waals surface area contributed by atoms with Crippen LogP contribution in [0.1, 0.15) is 126 Å². The third kappa shape index (κ3) is 18.9. The Morgan fingerprint density at radius 1 is 0.783 bits per heavy atom. The zero-order valence-corrected chi connectivity index (χ0v) is 54.6. The van der Waals surface area contributed by atoms with Gasteiger partial charge in [-0.05, 0) is 107 Å². The van der Waals surface area contributed by atoms with Crippen LogP contribution >= 0.6 is 0 Å². The highest BCUT2D eigenvalue weighted by molar-refractivity contribution is 6.39. The summed E-state index contributed by atoms with van der Waals surface area (Å²) in [6.45, 7) is 9.69. The quantitative estimate of drug-likeness (QED) is 0.0681. The average Bonchev–Trinajstić information content (AvgIpc) is 0.831. The lowest BCUT2D eigenvalue weighted by Gasteiger charge is -2.46. The second-order valence-electron chi connectivity index (χ2n) is 25.9. The Labute approximate surface area is 537 Å². The van der Waals surface area contributed by atoms with E-state index >= 15 is 0 Å². The molecule has 0 spiro atoms. The minimum absolute atomic E-state index is 0.00743. The van der Waals surface area contributed by atoms with E-state index in [9.17, 15) is 74.7 Å². The summed E-state index contributed by atoms with van der Waals surface area (Å²) in [5.41, 5.74) is 0.862. The highest BCUT2D eigenvalue weighted by Crippen LogP contribution is 2.39. The van der Waals surface area contributed by atoms with Crippen LogP contribution in [0.3, 0.4) is 0 Å². The van der Waals surface area contributed by atoms with E-state index in [1.54, 1.807) is 39.2 Å². The number of carbonyl (C=O) groups is 6. The van der Waals surface area contributed by atoms with Gasteiger partial charge in [0.2, 0.25) is 5.79 Å². The van der Waals surface area contributed by atoms with Crippen molar-refractivity contribution in [2.45, 2.75) is 235 Å². The second-order valence-corrected chi connectivity index (χ2v) is 25.9. The predicted octanol–water partition coefficient (Wildman–Crippen LogP) is 1.94. The van der Waals surface area contributed by atoms with E-state index in [1.165, 1.54) is 34.1 Å². The third-order valence-electron chi connectivity index (χ3n) is 19.0. The fraction of sp³-hybridized carbons (Fsp3) is 0.785. The zero-order valence-electron chi connectivity index (χ0n) is 54.6. The molecule has 4 saturated heterocycles. The molecule has 92 heavy (non-hydrogen) atoms. The van der Waals surface area contributed by atoms with Gasteiger partial charge in [0.25, 0.3) is 17.5 Å². The molecular weight excluding hydrogens is 1210 g/mol. The van der Waals surface area contributed by atoms with Crippen LogP contribution in [0.5, 0.6) is 0 Å². The van der Waals surface area contributed by atoms with E-state index in [0.29, 0.717) is 51.4 Å². The van der Waals surface area contributed by atoms with E-state index < -0.39 is 176 Å². The first-order chi connectivity index (χ1) is 43.6. The highest BCUT2D eigenvalue weighted by Gasteiger charge is 2.57. The van der Waals surface area contributed by atoms with Gasteiger partial charge in [-0.15, -0.1) is 0 Å². The van der Waals surface area contributed by atoms with Gasteiger partial charge in [0.15, 0.2) is 36.7 Å². The SMILES string of the molecule is CO[C@H]1C[C@@H]2CC[C@@H](C)[C@@](O)(O2)C(=O)C(=O)N2CCCCC2C(=O)O[C@H]([C@H](C)CC2CC[C@@H](OCCO)[C@H](OC)C2)CC(=O)[C@H](C)/C=C(\C)[C@@H](OC(=O)O[C@]2(CO)OCC(OC3O[C@H](O)[C@@H](O)[C@H](O)[C@H]3O)[C@H](O)[C@H]2O)[C@@H](OC)C(=O)[C@H](C)C[C@H](C)\C=C/C=C/C=C/1C. The number of piperidine rings is 1. The van der Waals surface area contributed by atoms with Gasteiger partial charge in [-0.1, -0.05) is 71.1 Å². The Bertz CT molecular complexity index is 2580. The lowest BCUT2D eigenvalue weighted by Crippen LogP contribution is -2.66. The molecule has 1 amide bonds. The van der Waals surface area contributed by atoms with E-state index in [1.807, 2.05) is 32.9 Å². The molecule has 4 unspecified atom stereocenters. The summed E-state index contributed by atoms with van der Waals surface area (Å²) >= 11 is 0. The first-order valence-corrected chi connectivity index (χ1v) is 32.2. The number of ketones is 3. The Balaban J connectivity index is 1.35. The summed E-state index contributed by atoms with van der Waals surface area (Å²) in [6.07, 6.45) is -9.10. The monoisotopic (exact) mass is 1310 g/mol. The molecule has 1 saturated carbocycles. The molecule has 0 radical (unpaired) electrons. The molecule has 27 heteroatoms. The van der Waals surface area contributed by atoms with Gasteiger partial charge in [-0.25, -0.2) is 9.59 Å². The fourth-order valence-electron chi connectivity index (χ4n) is 13.3. The minimum Gasteiger partial charge on any atom is -0.460 e. The molecule has 0 aromatic carbocycles. The summed E-state index contributed by atoms with van der Waals surface area (Å²) in [4.78, 5) is 88.6. The zero-order chi connectivity index (χ0) is 67.9. The number of amides is 1. The number of Topliss-reactive ketones (excluding diaryl/α,β-unsaturated/α-hetero) is 3. The molecule has 27 nitrogen and oxygen atoms in total. The standard InChI is InChI=1S/C65H101NO26/c1-34-16-12-11-13-17-35(2)46(82-8)30-42-21-19-40(7)65(81,91-42)58(76)59(77)66-23-15-14-18-43(66)60(78)87-47(37(4)28-41-20-22-45(85-25-24-67)48(29-41)83-9)31-44(69)36(3)27-39(6)55(56(84-10)50(70)38(5)26-34)89-63(80)92-64(33-68)57(75)51(71)49(32-86-64)88-62-54(74)52(72)53(73)61(79)90-62/h11-13,16-17,27,34,36-38,40-43,45-49,51-57,61-62,67-68,71-75,79,81H,14-15,18-26,28-33H2,1-10H3/b13-11+,16-12-,35-17+,39-27+/t34-,36-,37-,38-,40-,41?,42+,43?,45-,46+,47+,48-,49?,51+,52+,53+,54-,55-,56+,57-,61+,62?,64+,65-/m1/s1. The summed E-state index contributed by atoms with van der Waals surface area (Å²) in [5, 5.41) is 95.5. The summed E-state index contributed by atoms with van der Waals surface area (Å²) in [7, 11) is 4.30. The maximum Gasteiger partial charge on any atom is 0.511 e. The molecule has 5 heterocycles. The highest BCUT2D eigenvalue weighted by atomic mass is 16.8. The van der Waals surface area contributed by atoms with Crippen molar-refractivity contribution in [1.29, 1.82) is 0 Å². The van der Waals surface area contributed by atoms with Crippen LogP contribution in [0.15, 0.2) is 47.6 Å². The average molecular weight is 1310 g/mol. The molecule has 1 aliphatic carbocycles. The molecule has 24 atom stereocenters. The Morgan fingerprint density at radius 2 is 1.51 bits per heavy atom. The normalized spacial score (nSPS) is 42.1. The van der Waals surface area contributed by atoms with Crippen molar-refractivity contribution in [3.63, 3.8) is 0 Å². The van der Waals surface area contributed by atoms with Crippen LogP contribution < -0.4 is 0 Å². The van der Waals surface area contributed by atoms with E-state index in [0.717, 1.165) is 10.5 Å². The van der Waals surface area contributed by atoms with Gasteiger partial charge in [-0.3, -0.25) is 19.2 Å². The Hall–Kier alpha value is -4.50. The number of hydrogen-bond donors (Lipinski definition) is 9. The van der Waals surface area contributed by atoms with Gasteiger partial charge in [0.1, 0.15) is 55.1 Å². The summed E-state index contributed by atoms with van der Waals surface area (Å²) < 4.78 is 63.5. The molecule has 5 fully saturated rings. The summed E-state index contributed by atoms with van der Waals surface area (Å²) in [6, 6.07) is -1.29. The molecule has 6 rings (SSSR count). The molecule has 9 N–H and O–H groups in total. The molecular formula is C65H101NO26. The van der Waals surface area contributed by atoms with Crippen molar-refractivity contribution in [3.8, 4) is 0 Å². The number of cyclic esters (lactones) is 1. The van der Waals surface area contributed by atoms with Gasteiger partial charge in [-0.2, -0.15) is 0 Å². The third-order valence-corrected chi connectivity index (χ3v) is 19.0. The van der Waals surface area contributed by atoms with Gasteiger partial charge < -0.3 is 103 Å². The minimum atomic E-state index is -2.78. The number of esters is 1. The first kappa shape index (κ1) is 76.5. The lowest BCUT2D eigenvalue weighted by atomic mass is 9.78. The van der Waals surface area contributed by atoms with E-state index in [2.05, 4.69) is 0 Å². The van der Waals surface area contributed by atoms with Crippen LogP contribution in [0, 0.1) is 35.5 Å². The van der Waals surface area contributed by atoms with Crippen LogP contribution in [-0.2, 0) is 76.1 Å². The molecule has 5 aliphatic heterocycles. The number of methoxy groups -OCH3 is 3. The molecule has 522 valence electrons. The Morgan fingerprint density at radius 3 is 2.18 bits per heavy atom. The van der Waals surface area contributed by atoms with Crippen molar-refractivity contribution < 1.29 is 127 Å². The second kappa shape index (κ2) is 35.0. The van der Waals surface area contributed by atoms with Crippen molar-refractivity contribution in [2.24, 2.45) is 35.5 Å². The fourth-order valence-corrected chi connectivity index (χ4v) is 13.3. The number of allylic oxidation sites excluding steroid dienone is 6. The number of ether oxygens (including phenoxy) is 11. The number of fused-ring (bicyclic) bond motifs is 3. The molecule has 0 aromatic rings. The van der Waals surface area contributed by atoms with Gasteiger partial charge in [0.05, 0.1) is 44.2 Å². The molecule has 2 bridgehead atoms. The largest absolute Gasteiger partial charge is 0.511 e. The molecule has 0 aromatic heterocycles. The number of hydrogen-bond acceptors (Lipinski definition) is 26. The number of rotatable bonds is 14. The van der Waals surface area contributed by atoms with Crippen LogP contribution in [0.2, 0.25) is 0 Å². The lowest BCUT2D eigenvalue weighted by molar-refractivity contribution is -0.381. The number of aliphatic hydroxyl groups excluding tert-OH is 8. The topological polar surface area (TPSA) is 389 Å².